The zero-order valence-corrected chi connectivity index (χ0v) is 33.4. The van der Waals surface area contributed by atoms with Gasteiger partial charge in [0.2, 0.25) is 0 Å². The Labute approximate surface area is 270 Å². The van der Waals surface area contributed by atoms with Crippen LogP contribution in [0.2, 0.25) is 36.3 Å². The van der Waals surface area contributed by atoms with Crippen molar-refractivity contribution in [3.8, 4) is 0 Å². The monoisotopic (exact) mass is 629 g/mol. The average molecular weight is 629 g/mol. The van der Waals surface area contributed by atoms with Crippen molar-refractivity contribution < 1.29 is 8.85 Å². The van der Waals surface area contributed by atoms with Gasteiger partial charge in [-0.2, -0.15) is 0 Å². The van der Waals surface area contributed by atoms with Crippen LogP contribution < -0.4 is 0 Å². The molecule has 0 N–H and O–H groups in total. The molecule has 0 aromatic heterocycles. The molecule has 3 fully saturated rings. The topological polar surface area (TPSA) is 18.5 Å². The van der Waals surface area contributed by atoms with Crippen LogP contribution in [0, 0.1) is 34.5 Å². The zero-order valence-electron chi connectivity index (χ0n) is 31.4. The minimum absolute atomic E-state index is 0.0238. The van der Waals surface area contributed by atoms with E-state index in [1.807, 2.05) is 5.57 Å². The summed E-state index contributed by atoms with van der Waals surface area (Å²) in [5.41, 5.74) is 4.33. The van der Waals surface area contributed by atoms with E-state index in [0.29, 0.717) is 16.9 Å². The van der Waals surface area contributed by atoms with Crippen LogP contribution in [0.4, 0.5) is 0 Å². The molecule has 4 aliphatic carbocycles. The Bertz CT molecular complexity index is 1070. The molecule has 0 spiro atoms. The van der Waals surface area contributed by atoms with Crippen molar-refractivity contribution in [3.05, 3.63) is 23.3 Å². The summed E-state index contributed by atoms with van der Waals surface area (Å²) in [6, 6.07) is 0. The average Bonchev–Trinajstić information content (AvgIpc) is 3.19. The molecule has 0 bridgehead atoms. The van der Waals surface area contributed by atoms with Crippen molar-refractivity contribution in [2.24, 2.45) is 34.5 Å². The van der Waals surface area contributed by atoms with Crippen molar-refractivity contribution in [3.63, 3.8) is 0 Å². The molecule has 0 aromatic rings. The van der Waals surface area contributed by atoms with Crippen LogP contribution in [-0.2, 0) is 8.85 Å². The molecule has 4 heteroatoms. The van der Waals surface area contributed by atoms with E-state index in [2.05, 4.69) is 115 Å². The molecule has 248 valence electrons. The van der Waals surface area contributed by atoms with E-state index >= 15 is 0 Å². The van der Waals surface area contributed by atoms with Gasteiger partial charge in [0, 0.05) is 6.10 Å². The lowest BCUT2D eigenvalue weighted by molar-refractivity contribution is 0.0322. The highest BCUT2D eigenvalue weighted by Crippen LogP contribution is 2.66. The second-order valence-corrected chi connectivity index (χ2v) is 29.3. The van der Waals surface area contributed by atoms with Crippen molar-refractivity contribution in [2.75, 3.05) is 0 Å². The minimum atomic E-state index is -1.75. The maximum atomic E-state index is 6.96. The smallest absolute Gasteiger partial charge is 0.192 e. The second kappa shape index (κ2) is 11.8. The summed E-state index contributed by atoms with van der Waals surface area (Å²) < 4.78 is 13.8. The highest BCUT2D eigenvalue weighted by molar-refractivity contribution is 6.74. The molecule has 3 saturated carbocycles. The SMILES string of the molecule is C[C@@H](CCCC(C)(C)O[Si](C)(C)C(C)(C)C)[C@H]1CC[C@H]2C3=CC=C4CC(O[Si](C)(C)C(C)(C)C)CC[C@]4(C)[C@H]3CC[C@]12C. The van der Waals surface area contributed by atoms with Gasteiger partial charge in [-0.25, -0.2) is 0 Å². The van der Waals surface area contributed by atoms with E-state index in [-0.39, 0.29) is 15.7 Å². The molecule has 0 radical (unpaired) electrons. The number of hydrogen-bond donors (Lipinski definition) is 0. The lowest BCUT2D eigenvalue weighted by Crippen LogP contribution is -2.49. The van der Waals surface area contributed by atoms with E-state index in [1.165, 1.54) is 57.8 Å². The van der Waals surface area contributed by atoms with Gasteiger partial charge in [-0.1, -0.05) is 98.5 Å². The first-order valence-corrected chi connectivity index (χ1v) is 24.0. The molecule has 0 amide bonds. The lowest BCUT2D eigenvalue weighted by Gasteiger charge is -2.56. The first kappa shape index (κ1) is 35.7. The largest absolute Gasteiger partial charge is 0.414 e. The normalized spacial score (nSPS) is 34.6. The first-order valence-electron chi connectivity index (χ1n) is 18.2. The molecule has 4 rings (SSSR count). The van der Waals surface area contributed by atoms with Crippen molar-refractivity contribution in [1.82, 2.24) is 0 Å². The Hall–Kier alpha value is -0.166. The predicted octanol–water partition coefficient (Wildman–Crippen LogP) is 12.5. The van der Waals surface area contributed by atoms with Gasteiger partial charge in [0.05, 0.1) is 5.60 Å². The molecule has 2 nitrogen and oxygen atoms in total. The Morgan fingerprint density at radius 3 is 2.05 bits per heavy atom. The maximum Gasteiger partial charge on any atom is 0.192 e. The number of rotatable bonds is 9. The van der Waals surface area contributed by atoms with Gasteiger partial charge in [0.1, 0.15) is 0 Å². The summed E-state index contributed by atoms with van der Waals surface area (Å²) in [6.45, 7) is 36.5. The van der Waals surface area contributed by atoms with E-state index in [1.54, 1.807) is 5.57 Å². The van der Waals surface area contributed by atoms with Crippen LogP contribution in [0.25, 0.3) is 0 Å². The molecular formula is C39H72O2Si2. The van der Waals surface area contributed by atoms with Gasteiger partial charge in [-0.15, -0.1) is 0 Å². The number of hydrogen-bond acceptors (Lipinski definition) is 2. The first-order chi connectivity index (χ1) is 19.4. The fraction of sp³-hybridized carbons (Fsp3) is 0.897. The van der Waals surface area contributed by atoms with Crippen LogP contribution in [-0.4, -0.2) is 28.3 Å². The Morgan fingerprint density at radius 1 is 0.814 bits per heavy atom. The van der Waals surface area contributed by atoms with Crippen molar-refractivity contribution in [2.45, 2.75) is 188 Å². The minimum Gasteiger partial charge on any atom is -0.414 e. The Morgan fingerprint density at radius 2 is 1.44 bits per heavy atom. The molecule has 0 aromatic carbocycles. The summed E-state index contributed by atoms with van der Waals surface area (Å²) in [5.74, 6) is 3.19. The van der Waals surface area contributed by atoms with E-state index in [9.17, 15) is 0 Å². The second-order valence-electron chi connectivity index (χ2n) is 19.8. The highest BCUT2D eigenvalue weighted by atomic mass is 28.4. The molecule has 1 unspecified atom stereocenters. The van der Waals surface area contributed by atoms with E-state index in [4.69, 9.17) is 8.85 Å². The van der Waals surface area contributed by atoms with Crippen molar-refractivity contribution in [1.29, 1.82) is 0 Å². The van der Waals surface area contributed by atoms with Gasteiger partial charge < -0.3 is 8.85 Å². The lowest BCUT2D eigenvalue weighted by atomic mass is 9.50. The molecular weight excluding hydrogens is 557 g/mol. The molecule has 0 saturated heterocycles. The molecule has 0 aliphatic heterocycles. The number of allylic oxidation sites excluding steroid dienone is 3. The van der Waals surface area contributed by atoms with Crippen LogP contribution in [0.5, 0.6) is 0 Å². The summed E-state index contributed by atoms with van der Waals surface area (Å²) >= 11 is 0. The van der Waals surface area contributed by atoms with E-state index in [0.717, 1.165) is 30.1 Å². The quantitative estimate of drug-likeness (QED) is 0.236. The van der Waals surface area contributed by atoms with Crippen LogP contribution in [0.15, 0.2) is 23.3 Å². The van der Waals surface area contributed by atoms with Crippen LogP contribution in [0.1, 0.15) is 140 Å². The fourth-order valence-corrected chi connectivity index (χ4v) is 12.8. The van der Waals surface area contributed by atoms with Crippen LogP contribution in [0.3, 0.4) is 0 Å². The standard InChI is InChI=1S/C39H72O2Si2/c1-28(17-16-24-37(8,9)41-43(14,15)36(5,6)7)32-20-21-33-31-19-18-29-27-30(40-42(12,13)35(2,3)4)22-25-38(29,10)34(31)23-26-39(32,33)11/h18-19,28,30,32-34H,16-17,20-27H2,1-15H3/t28-,30?,32+,33-,34-,38-,39+/m0/s1. The third-order valence-corrected chi connectivity index (χ3v) is 23.5. The van der Waals surface area contributed by atoms with E-state index < -0.39 is 16.6 Å². The van der Waals surface area contributed by atoms with Crippen LogP contribution >= 0.6 is 0 Å². The third-order valence-electron chi connectivity index (χ3n) is 14.3. The summed E-state index contributed by atoms with van der Waals surface area (Å²) in [7, 11) is -3.49. The summed E-state index contributed by atoms with van der Waals surface area (Å²) in [5, 5.41) is 0.545. The van der Waals surface area contributed by atoms with Gasteiger partial charge >= 0.3 is 0 Å². The van der Waals surface area contributed by atoms with Gasteiger partial charge in [-0.05, 0) is 136 Å². The molecule has 7 atom stereocenters. The third kappa shape index (κ3) is 6.94. The summed E-state index contributed by atoms with van der Waals surface area (Å²) in [6.07, 6.45) is 18.8. The van der Waals surface area contributed by atoms with Gasteiger partial charge in [0.25, 0.3) is 0 Å². The molecule has 4 aliphatic rings. The Balaban J connectivity index is 1.41. The highest BCUT2D eigenvalue weighted by Gasteiger charge is 2.57. The maximum absolute atomic E-state index is 6.96. The Kier molecular flexibility index (Phi) is 9.81. The van der Waals surface area contributed by atoms with Crippen molar-refractivity contribution >= 4 is 16.6 Å². The molecule has 0 heterocycles. The van der Waals surface area contributed by atoms with Gasteiger partial charge in [0.15, 0.2) is 16.6 Å². The van der Waals surface area contributed by atoms with Gasteiger partial charge in [-0.3, -0.25) is 0 Å². The predicted molar refractivity (Wildman–Crippen MR) is 193 cm³/mol. The number of fused-ring (bicyclic) bond motifs is 5. The molecule has 43 heavy (non-hydrogen) atoms. The summed E-state index contributed by atoms with van der Waals surface area (Å²) in [4.78, 5) is 0. The fourth-order valence-electron chi connectivity index (χ4n) is 9.58. The zero-order chi connectivity index (χ0) is 32.4.